The Morgan fingerprint density at radius 2 is 2.00 bits per heavy atom. The van der Waals surface area contributed by atoms with Gasteiger partial charge in [-0.1, -0.05) is 0 Å². The number of piperazine rings is 1. The highest BCUT2D eigenvalue weighted by Gasteiger charge is 2.26. The minimum Gasteiger partial charge on any atom is -0.453 e. The lowest BCUT2D eigenvalue weighted by Crippen LogP contribution is -2.50. The Bertz CT molecular complexity index is 468. The van der Waals surface area contributed by atoms with Gasteiger partial charge < -0.3 is 20.3 Å². The molecule has 2 N–H and O–H groups in total. The Morgan fingerprint density at radius 3 is 2.53 bits per heavy atom. The zero-order chi connectivity index (χ0) is 13.8. The number of nitrogens with two attached hydrogens (primary N) is 1. The molecule has 1 aliphatic heterocycles. The highest BCUT2D eigenvalue weighted by atomic mass is 32.1. The second-order valence-corrected chi connectivity index (χ2v) is 5.02. The van der Waals surface area contributed by atoms with Crippen LogP contribution in [0.25, 0.3) is 0 Å². The minimum atomic E-state index is -0.355. The van der Waals surface area contributed by atoms with E-state index in [0.717, 1.165) is 5.01 Å². The van der Waals surface area contributed by atoms with Gasteiger partial charge in [0.15, 0.2) is 0 Å². The summed E-state index contributed by atoms with van der Waals surface area (Å²) >= 11 is 1.38. The van der Waals surface area contributed by atoms with Crippen molar-refractivity contribution in [2.75, 3.05) is 33.3 Å². The van der Waals surface area contributed by atoms with E-state index < -0.39 is 0 Å². The van der Waals surface area contributed by atoms with Crippen molar-refractivity contribution in [2.45, 2.75) is 6.54 Å². The third kappa shape index (κ3) is 3.02. The average Bonchev–Trinajstić information content (AvgIpc) is 2.94. The first-order valence-corrected chi connectivity index (χ1v) is 6.80. The first kappa shape index (κ1) is 13.8. The Kier molecular flexibility index (Phi) is 4.33. The van der Waals surface area contributed by atoms with Crippen LogP contribution in [-0.4, -0.2) is 60.1 Å². The van der Waals surface area contributed by atoms with E-state index in [0.29, 0.717) is 38.4 Å². The van der Waals surface area contributed by atoms with E-state index in [-0.39, 0.29) is 12.0 Å². The van der Waals surface area contributed by atoms with Gasteiger partial charge in [-0.2, -0.15) is 0 Å². The highest BCUT2D eigenvalue weighted by Crippen LogP contribution is 2.13. The highest BCUT2D eigenvalue weighted by molar-refractivity contribution is 7.09. The van der Waals surface area contributed by atoms with E-state index >= 15 is 0 Å². The van der Waals surface area contributed by atoms with Crippen molar-refractivity contribution in [3.05, 3.63) is 16.1 Å². The second-order valence-electron chi connectivity index (χ2n) is 4.08. The number of carbonyl (C=O) groups excluding carboxylic acids is 2. The van der Waals surface area contributed by atoms with Gasteiger partial charge in [-0.25, -0.2) is 9.78 Å². The molecule has 0 saturated carbocycles. The molecule has 0 unspecified atom stereocenters. The number of hydrogen-bond acceptors (Lipinski definition) is 6. The van der Waals surface area contributed by atoms with Crippen LogP contribution in [0.1, 0.15) is 15.5 Å². The summed E-state index contributed by atoms with van der Waals surface area (Å²) in [5, 5.41) is 2.47. The van der Waals surface area contributed by atoms with Gasteiger partial charge >= 0.3 is 6.09 Å². The fraction of sp³-hybridized carbons (Fsp3) is 0.545. The summed E-state index contributed by atoms with van der Waals surface area (Å²) < 4.78 is 4.65. The topological polar surface area (TPSA) is 88.8 Å². The van der Waals surface area contributed by atoms with E-state index in [1.165, 1.54) is 18.4 Å². The molecule has 0 atom stereocenters. The number of amides is 2. The third-order valence-electron chi connectivity index (χ3n) is 2.95. The van der Waals surface area contributed by atoms with Crippen LogP contribution in [0.15, 0.2) is 5.38 Å². The lowest BCUT2D eigenvalue weighted by atomic mass is 10.3. The smallest absolute Gasteiger partial charge is 0.409 e. The summed E-state index contributed by atoms with van der Waals surface area (Å²) in [6.45, 7) is 2.28. The number of hydrogen-bond donors (Lipinski definition) is 1. The summed E-state index contributed by atoms with van der Waals surface area (Å²) in [6.07, 6.45) is -0.355. The fourth-order valence-electron chi connectivity index (χ4n) is 1.89. The maximum atomic E-state index is 12.2. The molecule has 2 amide bonds. The Hall–Kier alpha value is -1.67. The van der Waals surface area contributed by atoms with E-state index in [2.05, 4.69) is 9.72 Å². The predicted molar refractivity (Wildman–Crippen MR) is 69.9 cm³/mol. The van der Waals surface area contributed by atoms with Gasteiger partial charge in [0.05, 0.1) is 7.11 Å². The van der Waals surface area contributed by atoms with Gasteiger partial charge in [0.25, 0.3) is 5.91 Å². The Balaban J connectivity index is 1.94. The Labute approximate surface area is 115 Å². The molecule has 1 aromatic heterocycles. The van der Waals surface area contributed by atoms with Crippen LogP contribution < -0.4 is 5.73 Å². The summed E-state index contributed by atoms with van der Waals surface area (Å²) in [7, 11) is 1.35. The van der Waals surface area contributed by atoms with Crippen LogP contribution in [0, 0.1) is 0 Å². The maximum absolute atomic E-state index is 12.2. The van der Waals surface area contributed by atoms with Crippen molar-refractivity contribution in [1.29, 1.82) is 0 Å². The molecule has 0 bridgehead atoms. The molecule has 7 nitrogen and oxygen atoms in total. The fourth-order valence-corrected chi connectivity index (χ4v) is 2.53. The van der Waals surface area contributed by atoms with Crippen LogP contribution in [0.2, 0.25) is 0 Å². The molecule has 2 rings (SSSR count). The normalized spacial score (nSPS) is 15.5. The summed E-state index contributed by atoms with van der Waals surface area (Å²) in [6, 6.07) is 0. The molecule has 0 aromatic carbocycles. The molecular weight excluding hydrogens is 268 g/mol. The maximum Gasteiger partial charge on any atom is 0.409 e. The molecule has 1 aliphatic rings. The van der Waals surface area contributed by atoms with Gasteiger partial charge in [-0.15, -0.1) is 11.3 Å². The van der Waals surface area contributed by atoms with Gasteiger partial charge in [0.2, 0.25) is 0 Å². The van der Waals surface area contributed by atoms with Gasteiger partial charge in [0.1, 0.15) is 10.7 Å². The van der Waals surface area contributed by atoms with Crippen LogP contribution in [0.5, 0.6) is 0 Å². The molecule has 104 valence electrons. The van der Waals surface area contributed by atoms with Crippen molar-refractivity contribution in [2.24, 2.45) is 5.73 Å². The number of aromatic nitrogens is 1. The molecule has 1 fully saturated rings. The number of carbonyl (C=O) groups is 2. The van der Waals surface area contributed by atoms with Crippen molar-refractivity contribution >= 4 is 23.3 Å². The molecule has 1 saturated heterocycles. The molecule has 2 heterocycles. The lowest BCUT2D eigenvalue weighted by Gasteiger charge is -2.33. The Morgan fingerprint density at radius 1 is 1.37 bits per heavy atom. The van der Waals surface area contributed by atoms with Crippen LogP contribution in [0.4, 0.5) is 4.79 Å². The lowest BCUT2D eigenvalue weighted by molar-refractivity contribution is 0.0595. The van der Waals surface area contributed by atoms with E-state index in [1.807, 2.05) is 0 Å². The first-order chi connectivity index (χ1) is 9.15. The van der Waals surface area contributed by atoms with Crippen molar-refractivity contribution in [3.63, 3.8) is 0 Å². The molecule has 19 heavy (non-hydrogen) atoms. The zero-order valence-corrected chi connectivity index (χ0v) is 11.5. The number of methoxy groups -OCH3 is 1. The molecule has 0 aliphatic carbocycles. The largest absolute Gasteiger partial charge is 0.453 e. The van der Waals surface area contributed by atoms with Crippen LogP contribution in [0.3, 0.4) is 0 Å². The van der Waals surface area contributed by atoms with Crippen molar-refractivity contribution in [3.8, 4) is 0 Å². The third-order valence-corrected chi connectivity index (χ3v) is 3.82. The number of nitrogens with zero attached hydrogens (tertiary/aromatic N) is 3. The summed E-state index contributed by atoms with van der Waals surface area (Å²) in [5.74, 6) is -0.111. The minimum absolute atomic E-state index is 0.111. The molecule has 0 spiro atoms. The van der Waals surface area contributed by atoms with Gasteiger partial charge in [-0.3, -0.25) is 4.79 Å². The molecule has 1 aromatic rings. The van der Waals surface area contributed by atoms with Crippen molar-refractivity contribution in [1.82, 2.24) is 14.8 Å². The SMILES string of the molecule is COC(=O)N1CCN(C(=O)c2csc(CN)n2)CC1. The second kappa shape index (κ2) is 5.98. The zero-order valence-electron chi connectivity index (χ0n) is 10.7. The van der Waals surface area contributed by atoms with E-state index in [9.17, 15) is 9.59 Å². The van der Waals surface area contributed by atoms with Crippen LogP contribution >= 0.6 is 11.3 Å². The van der Waals surface area contributed by atoms with Crippen LogP contribution in [-0.2, 0) is 11.3 Å². The number of thiazole rings is 1. The number of rotatable bonds is 2. The molecular formula is C11H16N4O3S. The van der Waals surface area contributed by atoms with Gasteiger partial charge in [0, 0.05) is 38.1 Å². The predicted octanol–water partition coefficient (Wildman–Crippen LogP) is 0.126. The van der Waals surface area contributed by atoms with E-state index in [1.54, 1.807) is 15.2 Å². The van der Waals surface area contributed by atoms with Crippen molar-refractivity contribution < 1.29 is 14.3 Å². The van der Waals surface area contributed by atoms with Gasteiger partial charge in [-0.05, 0) is 0 Å². The molecule has 8 heteroatoms. The summed E-state index contributed by atoms with van der Waals surface area (Å²) in [5.41, 5.74) is 5.90. The van der Waals surface area contributed by atoms with E-state index in [4.69, 9.17) is 5.73 Å². The number of ether oxygens (including phenoxy) is 1. The first-order valence-electron chi connectivity index (χ1n) is 5.92. The summed E-state index contributed by atoms with van der Waals surface area (Å²) in [4.78, 5) is 30.9. The monoisotopic (exact) mass is 284 g/mol. The molecule has 0 radical (unpaired) electrons. The average molecular weight is 284 g/mol. The standard InChI is InChI=1S/C11H16N4O3S/c1-18-11(17)15-4-2-14(3-5-15)10(16)8-7-19-9(6-12)13-8/h7H,2-6,12H2,1H3. The quantitative estimate of drug-likeness (QED) is 0.833.